The van der Waals surface area contributed by atoms with Gasteiger partial charge in [0.2, 0.25) is 0 Å². The highest BCUT2D eigenvalue weighted by molar-refractivity contribution is 8.68. The molecule has 0 radical (unpaired) electrons. The van der Waals surface area contributed by atoms with Gasteiger partial charge in [-0.2, -0.15) is 0 Å². The van der Waals surface area contributed by atoms with Gasteiger partial charge < -0.3 is 9.59 Å². The van der Waals surface area contributed by atoms with Crippen LogP contribution in [0.15, 0.2) is 0 Å². The highest BCUT2D eigenvalue weighted by Gasteiger charge is 2.36. The van der Waals surface area contributed by atoms with E-state index in [0.717, 1.165) is 6.54 Å². The fraction of sp³-hybridized carbons (Fsp3) is 0.889. The van der Waals surface area contributed by atoms with E-state index in [0.29, 0.717) is 10.9 Å². The molecule has 1 aliphatic rings. The summed E-state index contributed by atoms with van der Waals surface area (Å²) in [6, 6.07) is -0.189. The molecule has 5 nitrogen and oxygen atoms in total. The van der Waals surface area contributed by atoms with Gasteiger partial charge in [-0.15, -0.1) is 11.7 Å². The van der Waals surface area contributed by atoms with Crippen LogP contribution in [0.5, 0.6) is 0 Å². The summed E-state index contributed by atoms with van der Waals surface area (Å²) in [7, 11) is 7.13. The number of likely N-dealkylation sites (N-methyl/N-ethyl adjacent to an activating group) is 1. The fourth-order valence-corrected chi connectivity index (χ4v) is 2.65. The molecule has 0 aromatic heterocycles. The van der Waals surface area contributed by atoms with Crippen molar-refractivity contribution in [2.24, 2.45) is 0 Å². The van der Waals surface area contributed by atoms with Gasteiger partial charge in [0.15, 0.2) is 6.04 Å². The van der Waals surface area contributed by atoms with Crippen LogP contribution >= 0.6 is 22.5 Å². The fourth-order valence-electron chi connectivity index (χ4n) is 1.82. The minimum Gasteiger partial charge on any atom is -0.477 e. The molecule has 94 valence electrons. The summed E-state index contributed by atoms with van der Waals surface area (Å²) < 4.78 is 0.437. The smallest absolute Gasteiger partial charge is 0.362 e. The number of nitrogens with zero attached hydrogens (tertiary/aromatic N) is 1. The molecule has 1 unspecified atom stereocenters. The first-order valence-corrected chi connectivity index (χ1v) is 7.11. The lowest BCUT2D eigenvalue weighted by Gasteiger charge is -2.32. The largest absolute Gasteiger partial charge is 0.477 e. The van der Waals surface area contributed by atoms with Crippen LogP contribution in [-0.4, -0.2) is 60.8 Å². The lowest BCUT2D eigenvalue weighted by Crippen LogP contribution is -2.52. The Labute approximate surface area is 105 Å². The third kappa shape index (κ3) is 3.81. The summed E-state index contributed by atoms with van der Waals surface area (Å²) in [5.41, 5.74) is 0.121. The minimum absolute atomic E-state index is 0.121. The van der Waals surface area contributed by atoms with Crippen LogP contribution in [-0.2, 0) is 4.79 Å². The molecule has 7 heteroatoms. The molecule has 0 aromatic rings. The van der Waals surface area contributed by atoms with Crippen molar-refractivity contribution in [3.8, 4) is 0 Å². The first-order chi connectivity index (χ1) is 7.34. The molecule has 1 aliphatic heterocycles. The molecule has 1 rings (SSSR count). The molecule has 1 fully saturated rings. The van der Waals surface area contributed by atoms with E-state index in [1.807, 2.05) is 21.1 Å². The second-order valence-corrected chi connectivity index (χ2v) is 6.28. The summed E-state index contributed by atoms with van der Waals surface area (Å²) in [4.78, 5) is 11.2. The molecule has 0 amide bonds. The van der Waals surface area contributed by atoms with Crippen LogP contribution in [0.1, 0.15) is 6.42 Å². The van der Waals surface area contributed by atoms with Crippen LogP contribution in [0.3, 0.4) is 0 Å². The SMILES string of the molecule is C[N+](C)(C)[C@@H](CC1CN[C@H](SS)N1)C(=O)O. The normalized spacial score (nSPS) is 28.0. The average molecular weight is 266 g/mol. The monoisotopic (exact) mass is 266 g/mol. The zero-order valence-corrected chi connectivity index (χ0v) is 11.5. The minimum atomic E-state index is -0.740. The number of carboxylic acids is 1. The van der Waals surface area contributed by atoms with E-state index >= 15 is 0 Å². The summed E-state index contributed by atoms with van der Waals surface area (Å²) in [6.07, 6.45) is 0.622. The Balaban J connectivity index is 2.54. The van der Waals surface area contributed by atoms with Crippen molar-refractivity contribution in [1.29, 1.82) is 0 Å². The van der Waals surface area contributed by atoms with Crippen molar-refractivity contribution in [3.63, 3.8) is 0 Å². The summed E-state index contributed by atoms with van der Waals surface area (Å²) >= 11 is 4.12. The Morgan fingerprint density at radius 2 is 2.25 bits per heavy atom. The van der Waals surface area contributed by atoms with Gasteiger partial charge in [0.25, 0.3) is 0 Å². The van der Waals surface area contributed by atoms with E-state index in [-0.39, 0.29) is 17.6 Å². The predicted octanol–water partition coefficient (Wildman–Crippen LogP) is -0.0411. The number of quaternary nitrogens is 1. The Hall–Kier alpha value is 0.0500. The molecule has 3 atom stereocenters. The molecule has 3 N–H and O–H groups in total. The summed E-state index contributed by atoms with van der Waals surface area (Å²) in [5.74, 6) is -0.740. The molecule has 0 bridgehead atoms. The van der Waals surface area contributed by atoms with E-state index in [1.165, 1.54) is 10.8 Å². The van der Waals surface area contributed by atoms with Gasteiger partial charge in [-0.05, 0) is 0 Å². The lowest BCUT2D eigenvalue weighted by atomic mass is 10.1. The van der Waals surface area contributed by atoms with Crippen molar-refractivity contribution in [2.75, 3.05) is 27.7 Å². The topological polar surface area (TPSA) is 61.4 Å². The van der Waals surface area contributed by atoms with Crippen LogP contribution in [0.4, 0.5) is 0 Å². The molecule has 0 spiro atoms. The molecule has 16 heavy (non-hydrogen) atoms. The lowest BCUT2D eigenvalue weighted by molar-refractivity contribution is -0.887. The maximum atomic E-state index is 11.2. The van der Waals surface area contributed by atoms with Gasteiger partial charge in [-0.25, -0.2) is 4.79 Å². The second-order valence-electron chi connectivity index (χ2n) is 4.96. The van der Waals surface area contributed by atoms with Gasteiger partial charge in [0.1, 0.15) is 5.50 Å². The van der Waals surface area contributed by atoms with Gasteiger partial charge in [0, 0.05) is 19.0 Å². The molecule has 0 saturated carbocycles. The van der Waals surface area contributed by atoms with E-state index in [4.69, 9.17) is 0 Å². The van der Waals surface area contributed by atoms with E-state index in [9.17, 15) is 9.90 Å². The molecule has 1 saturated heterocycles. The van der Waals surface area contributed by atoms with Crippen LogP contribution < -0.4 is 10.6 Å². The summed E-state index contributed by atoms with van der Waals surface area (Å²) in [5, 5.41) is 15.7. The van der Waals surface area contributed by atoms with E-state index in [2.05, 4.69) is 22.3 Å². The zero-order valence-electron chi connectivity index (χ0n) is 9.80. The first kappa shape index (κ1) is 14.1. The molecule has 0 aliphatic carbocycles. The Kier molecular flexibility index (Phi) is 4.93. The van der Waals surface area contributed by atoms with E-state index in [1.54, 1.807) is 0 Å². The van der Waals surface area contributed by atoms with Crippen molar-refractivity contribution < 1.29 is 14.4 Å². The number of hydrogen-bond donors (Lipinski definition) is 4. The van der Waals surface area contributed by atoms with Gasteiger partial charge >= 0.3 is 5.97 Å². The van der Waals surface area contributed by atoms with Crippen molar-refractivity contribution in [2.45, 2.75) is 24.0 Å². The van der Waals surface area contributed by atoms with Gasteiger partial charge in [-0.3, -0.25) is 10.6 Å². The average Bonchev–Trinajstić information content (AvgIpc) is 2.59. The Morgan fingerprint density at radius 1 is 1.62 bits per heavy atom. The quantitative estimate of drug-likeness (QED) is 0.319. The maximum absolute atomic E-state index is 11.2. The Morgan fingerprint density at radius 3 is 2.62 bits per heavy atom. The maximum Gasteiger partial charge on any atom is 0.362 e. The number of carbonyl (C=O) groups is 1. The number of rotatable bonds is 5. The number of hydrogen-bond acceptors (Lipinski definition) is 5. The van der Waals surface area contributed by atoms with Crippen LogP contribution in [0.25, 0.3) is 0 Å². The number of nitrogens with one attached hydrogen (secondary N) is 2. The molecular weight excluding hydrogens is 246 g/mol. The Bertz CT molecular complexity index is 258. The highest BCUT2D eigenvalue weighted by Crippen LogP contribution is 2.18. The van der Waals surface area contributed by atoms with Crippen molar-refractivity contribution >= 4 is 28.4 Å². The number of thiol groups is 1. The number of aliphatic carboxylic acids is 1. The third-order valence-corrected chi connectivity index (χ3v) is 3.92. The third-order valence-electron chi connectivity index (χ3n) is 2.77. The molecule has 0 aromatic carbocycles. The second kappa shape index (κ2) is 5.59. The van der Waals surface area contributed by atoms with E-state index < -0.39 is 5.97 Å². The number of carboxylic acid groups (broad SMARTS) is 1. The summed E-state index contributed by atoms with van der Waals surface area (Å²) in [6.45, 7) is 0.794. The van der Waals surface area contributed by atoms with Crippen LogP contribution in [0, 0.1) is 0 Å². The van der Waals surface area contributed by atoms with Crippen molar-refractivity contribution in [1.82, 2.24) is 10.6 Å². The zero-order chi connectivity index (χ0) is 12.3. The van der Waals surface area contributed by atoms with Crippen LogP contribution in [0.2, 0.25) is 0 Å². The van der Waals surface area contributed by atoms with Crippen molar-refractivity contribution in [3.05, 3.63) is 0 Å². The molecular formula is C9H20N3O2S2+. The predicted molar refractivity (Wildman–Crippen MR) is 69.4 cm³/mol. The highest BCUT2D eigenvalue weighted by atomic mass is 33.1. The van der Waals surface area contributed by atoms with Gasteiger partial charge in [-0.1, -0.05) is 10.8 Å². The standard InChI is InChI=1S/C9H19N3O2S2/c1-12(2,3)7(8(13)14)4-6-5-10-9(11-6)16-15/h6-7,9-11H,4-5H2,1-3H3,(H-,13,14,15)/p+1/t6?,7-,9-/m0/s1. The first-order valence-electron chi connectivity index (χ1n) is 5.18. The molecule has 1 heterocycles. The van der Waals surface area contributed by atoms with Gasteiger partial charge in [0.05, 0.1) is 21.1 Å².